The predicted molar refractivity (Wildman–Crippen MR) is 47.7 cm³/mol. The molecule has 5 nitrogen and oxygen atoms in total. The number of unbranched alkanes of at least 4 members (excludes halogenated alkanes) is 3. The highest BCUT2D eigenvalue weighted by atomic mass is 16.5. The number of aromatic nitrogens is 4. The second-order valence-electron chi connectivity index (χ2n) is 2.92. The molecule has 0 aromatic carbocycles. The summed E-state index contributed by atoms with van der Waals surface area (Å²) in [6.07, 6.45) is 5.49. The van der Waals surface area contributed by atoms with E-state index in [1.54, 1.807) is 0 Å². The Balaban J connectivity index is 1.90. The SMILES string of the molecule is [CH2]OCCCCCCc1nnn[nH]1. The molecule has 13 heavy (non-hydrogen) atoms. The molecule has 1 N–H and O–H groups in total. The van der Waals surface area contributed by atoms with Crippen molar-refractivity contribution in [1.29, 1.82) is 0 Å². The summed E-state index contributed by atoms with van der Waals surface area (Å²) in [6.45, 7) is 0.754. The van der Waals surface area contributed by atoms with Crippen molar-refractivity contribution in [3.8, 4) is 0 Å². The summed E-state index contributed by atoms with van der Waals surface area (Å²) in [5, 5.41) is 13.5. The molecule has 1 radical (unpaired) electrons. The Morgan fingerprint density at radius 2 is 2.08 bits per heavy atom. The third-order valence-electron chi connectivity index (χ3n) is 1.84. The number of aromatic amines is 1. The maximum atomic E-state index is 4.71. The smallest absolute Gasteiger partial charge is 0.148 e. The van der Waals surface area contributed by atoms with Gasteiger partial charge in [-0.05, 0) is 23.3 Å². The van der Waals surface area contributed by atoms with Crippen LogP contribution in [0.25, 0.3) is 0 Å². The van der Waals surface area contributed by atoms with E-state index in [9.17, 15) is 0 Å². The van der Waals surface area contributed by atoms with Crippen LogP contribution in [-0.4, -0.2) is 27.2 Å². The molecule has 0 aliphatic heterocycles. The zero-order chi connectivity index (χ0) is 9.36. The molecular weight excluding hydrogens is 168 g/mol. The molecular formula is C8H15N4O. The quantitative estimate of drug-likeness (QED) is 0.643. The second-order valence-corrected chi connectivity index (χ2v) is 2.92. The van der Waals surface area contributed by atoms with Crippen LogP contribution in [0.3, 0.4) is 0 Å². The highest BCUT2D eigenvalue weighted by Gasteiger charge is 1.96. The van der Waals surface area contributed by atoms with Crippen LogP contribution in [0.5, 0.6) is 0 Å². The van der Waals surface area contributed by atoms with Crippen LogP contribution in [0.1, 0.15) is 31.5 Å². The molecule has 0 saturated heterocycles. The Hall–Kier alpha value is -0.970. The lowest BCUT2D eigenvalue weighted by molar-refractivity contribution is 0.233. The van der Waals surface area contributed by atoms with Crippen LogP contribution in [0.15, 0.2) is 0 Å². The average Bonchev–Trinajstić information content (AvgIpc) is 2.63. The number of aryl methyl sites for hydroxylation is 1. The molecule has 0 atom stereocenters. The largest absolute Gasteiger partial charge is 0.379 e. The minimum absolute atomic E-state index is 0.754. The first-order valence-corrected chi connectivity index (χ1v) is 4.53. The summed E-state index contributed by atoms with van der Waals surface area (Å²) in [4.78, 5) is 0. The van der Waals surface area contributed by atoms with E-state index < -0.39 is 0 Å². The molecule has 0 spiro atoms. The van der Waals surface area contributed by atoms with Crippen molar-refractivity contribution in [3.63, 3.8) is 0 Å². The fourth-order valence-electron chi connectivity index (χ4n) is 1.13. The summed E-state index contributed by atoms with van der Waals surface area (Å²) < 4.78 is 4.71. The number of hydrogen-bond acceptors (Lipinski definition) is 4. The molecule has 0 aliphatic rings. The van der Waals surface area contributed by atoms with Gasteiger partial charge in [0.25, 0.3) is 0 Å². The van der Waals surface area contributed by atoms with Crippen LogP contribution in [0.2, 0.25) is 0 Å². The van der Waals surface area contributed by atoms with E-state index in [2.05, 4.69) is 27.7 Å². The maximum Gasteiger partial charge on any atom is 0.148 e. The van der Waals surface area contributed by atoms with Crippen molar-refractivity contribution >= 4 is 0 Å². The lowest BCUT2D eigenvalue weighted by Gasteiger charge is -1.98. The number of nitrogens with zero attached hydrogens (tertiary/aromatic N) is 3. The van der Waals surface area contributed by atoms with Gasteiger partial charge in [-0.2, -0.15) is 0 Å². The van der Waals surface area contributed by atoms with Gasteiger partial charge in [0.15, 0.2) is 0 Å². The number of rotatable bonds is 7. The minimum atomic E-state index is 0.754. The molecule has 0 aliphatic carbocycles. The van der Waals surface area contributed by atoms with Crippen molar-refractivity contribution in [2.75, 3.05) is 6.61 Å². The molecule has 1 aromatic rings. The topological polar surface area (TPSA) is 63.7 Å². The summed E-state index contributed by atoms with van der Waals surface area (Å²) in [5.74, 6) is 0.869. The van der Waals surface area contributed by atoms with Gasteiger partial charge in [-0.1, -0.05) is 12.8 Å². The van der Waals surface area contributed by atoms with Crippen molar-refractivity contribution < 1.29 is 4.74 Å². The summed E-state index contributed by atoms with van der Waals surface area (Å²) >= 11 is 0. The number of nitrogens with one attached hydrogen (secondary N) is 1. The van der Waals surface area contributed by atoms with Crippen LogP contribution in [0, 0.1) is 7.11 Å². The molecule has 5 heteroatoms. The van der Waals surface area contributed by atoms with E-state index in [1.165, 1.54) is 12.8 Å². The number of tetrazole rings is 1. The van der Waals surface area contributed by atoms with E-state index >= 15 is 0 Å². The van der Waals surface area contributed by atoms with Gasteiger partial charge in [-0.3, -0.25) is 0 Å². The van der Waals surface area contributed by atoms with Crippen molar-refractivity contribution in [2.45, 2.75) is 32.1 Å². The first-order valence-electron chi connectivity index (χ1n) is 4.53. The third kappa shape index (κ3) is 4.57. The van der Waals surface area contributed by atoms with E-state index in [0.29, 0.717) is 0 Å². The monoisotopic (exact) mass is 183 g/mol. The average molecular weight is 183 g/mol. The molecule has 0 unspecified atom stereocenters. The van der Waals surface area contributed by atoms with Crippen LogP contribution >= 0.6 is 0 Å². The molecule has 73 valence electrons. The van der Waals surface area contributed by atoms with Crippen LogP contribution < -0.4 is 0 Å². The van der Waals surface area contributed by atoms with Crippen LogP contribution in [-0.2, 0) is 11.2 Å². The summed E-state index contributed by atoms with van der Waals surface area (Å²) in [5.41, 5.74) is 0. The fraction of sp³-hybridized carbons (Fsp3) is 0.750. The van der Waals surface area contributed by atoms with E-state index in [1.807, 2.05) is 0 Å². The highest BCUT2D eigenvalue weighted by Crippen LogP contribution is 2.03. The van der Waals surface area contributed by atoms with Gasteiger partial charge in [0.2, 0.25) is 0 Å². The Labute approximate surface area is 77.9 Å². The van der Waals surface area contributed by atoms with Crippen molar-refractivity contribution in [1.82, 2.24) is 20.6 Å². The molecule has 1 heterocycles. The molecule has 1 aromatic heterocycles. The predicted octanol–water partition coefficient (Wildman–Crippen LogP) is 1.11. The maximum absolute atomic E-state index is 4.71. The third-order valence-corrected chi connectivity index (χ3v) is 1.84. The molecule has 0 saturated carbocycles. The van der Waals surface area contributed by atoms with Gasteiger partial charge in [0, 0.05) is 13.0 Å². The lowest BCUT2D eigenvalue weighted by atomic mass is 10.1. The molecule has 0 amide bonds. The summed E-state index contributed by atoms with van der Waals surface area (Å²) in [7, 11) is 3.31. The first kappa shape index (κ1) is 10.1. The van der Waals surface area contributed by atoms with Gasteiger partial charge < -0.3 is 4.74 Å². The zero-order valence-electron chi connectivity index (χ0n) is 7.70. The van der Waals surface area contributed by atoms with E-state index in [0.717, 1.165) is 31.7 Å². The van der Waals surface area contributed by atoms with Crippen LogP contribution in [0.4, 0.5) is 0 Å². The Bertz CT molecular complexity index is 200. The minimum Gasteiger partial charge on any atom is -0.379 e. The van der Waals surface area contributed by atoms with E-state index in [4.69, 9.17) is 4.74 Å². The molecule has 0 fully saturated rings. The molecule has 1 rings (SSSR count). The zero-order valence-corrected chi connectivity index (χ0v) is 7.70. The van der Waals surface area contributed by atoms with Crippen molar-refractivity contribution in [3.05, 3.63) is 12.9 Å². The Morgan fingerprint density at radius 1 is 1.23 bits per heavy atom. The van der Waals surface area contributed by atoms with Gasteiger partial charge >= 0.3 is 0 Å². The second kappa shape index (κ2) is 6.54. The number of H-pyrrole nitrogens is 1. The fourth-order valence-corrected chi connectivity index (χ4v) is 1.13. The van der Waals surface area contributed by atoms with Crippen molar-refractivity contribution in [2.24, 2.45) is 0 Å². The van der Waals surface area contributed by atoms with E-state index in [-0.39, 0.29) is 0 Å². The first-order chi connectivity index (χ1) is 6.43. The van der Waals surface area contributed by atoms with Gasteiger partial charge in [0.1, 0.15) is 5.82 Å². The van der Waals surface area contributed by atoms with Gasteiger partial charge in [-0.15, -0.1) is 5.10 Å². The number of hydrogen-bond donors (Lipinski definition) is 1. The number of ether oxygens (including phenoxy) is 1. The Morgan fingerprint density at radius 3 is 2.77 bits per heavy atom. The molecule has 0 bridgehead atoms. The summed E-state index contributed by atoms with van der Waals surface area (Å²) in [6, 6.07) is 0. The lowest BCUT2D eigenvalue weighted by Crippen LogP contribution is -1.91. The Kier molecular flexibility index (Phi) is 5.08. The van der Waals surface area contributed by atoms with Gasteiger partial charge in [-0.25, -0.2) is 5.10 Å². The normalized spacial score (nSPS) is 10.5. The standard InChI is InChI=1S/C8H15N4O/c1-13-7-5-3-2-4-6-8-9-11-12-10-8/h1-7H2,(H,9,10,11,12). The highest BCUT2D eigenvalue weighted by molar-refractivity contribution is 4.74. The van der Waals surface area contributed by atoms with Gasteiger partial charge in [0.05, 0.1) is 7.11 Å².